The maximum atomic E-state index is 12.9. The quantitative estimate of drug-likeness (QED) is 0.471. The smallest absolute Gasteiger partial charge is 0.416 e. The summed E-state index contributed by atoms with van der Waals surface area (Å²) >= 11 is 7.10. The van der Waals surface area contributed by atoms with E-state index in [2.05, 4.69) is 5.32 Å². The van der Waals surface area contributed by atoms with Gasteiger partial charge in [0, 0.05) is 5.56 Å². The first kappa shape index (κ1) is 21.2. The highest BCUT2D eigenvalue weighted by molar-refractivity contribution is 7.12. The van der Waals surface area contributed by atoms with Gasteiger partial charge < -0.3 is 10.1 Å². The summed E-state index contributed by atoms with van der Waals surface area (Å²) in [7, 11) is 0. The average molecular weight is 440 g/mol. The summed E-state index contributed by atoms with van der Waals surface area (Å²) in [6.07, 6.45) is -4.52. The minimum absolute atomic E-state index is 0.0289. The maximum Gasteiger partial charge on any atom is 0.416 e. The lowest BCUT2D eigenvalue weighted by Crippen LogP contribution is -2.12. The molecule has 0 saturated heterocycles. The Morgan fingerprint density at radius 2 is 1.86 bits per heavy atom. The normalized spacial score (nSPS) is 11.4. The van der Waals surface area contributed by atoms with E-state index in [0.717, 1.165) is 35.1 Å². The molecule has 0 bridgehead atoms. The Morgan fingerprint density at radius 3 is 2.55 bits per heavy atom. The molecule has 1 N–H and O–H groups in total. The lowest BCUT2D eigenvalue weighted by Gasteiger charge is -2.11. The van der Waals surface area contributed by atoms with Crippen LogP contribution >= 0.6 is 22.9 Å². The van der Waals surface area contributed by atoms with Gasteiger partial charge in [-0.1, -0.05) is 17.7 Å². The third-order valence-corrected chi connectivity index (χ3v) is 5.61. The number of thiophene rings is 1. The molecule has 1 aromatic heterocycles. The van der Waals surface area contributed by atoms with E-state index in [1.54, 1.807) is 11.4 Å². The standard InChI is InChI=1S/C21H17ClF3NO2S/c1-12-3-5-16(7-13(12)2)28-10-14-8-19(29-11-14)20(27)26-18-9-15(21(23,24)25)4-6-17(18)22/h3-9,11H,10H2,1-2H3,(H,26,27). The monoisotopic (exact) mass is 439 g/mol. The first-order valence-electron chi connectivity index (χ1n) is 8.59. The molecule has 0 fully saturated rings. The van der Waals surface area contributed by atoms with E-state index in [4.69, 9.17) is 16.3 Å². The zero-order valence-corrected chi connectivity index (χ0v) is 17.1. The van der Waals surface area contributed by atoms with Gasteiger partial charge in [-0.05, 0) is 66.8 Å². The third kappa shape index (κ3) is 5.31. The number of carbonyl (C=O) groups excluding carboxylic acids is 1. The van der Waals surface area contributed by atoms with Crippen molar-refractivity contribution in [2.75, 3.05) is 5.32 Å². The number of nitrogens with one attached hydrogen (secondary N) is 1. The van der Waals surface area contributed by atoms with Crippen LogP contribution in [-0.4, -0.2) is 5.91 Å². The number of amides is 1. The van der Waals surface area contributed by atoms with Crippen LogP contribution in [-0.2, 0) is 12.8 Å². The number of hydrogen-bond acceptors (Lipinski definition) is 3. The molecule has 152 valence electrons. The molecule has 2 aromatic carbocycles. The average Bonchev–Trinajstić information content (AvgIpc) is 3.13. The number of alkyl halides is 3. The fourth-order valence-electron chi connectivity index (χ4n) is 2.52. The Balaban J connectivity index is 1.67. The Kier molecular flexibility index (Phi) is 6.19. The molecule has 0 unspecified atom stereocenters. The van der Waals surface area contributed by atoms with Crippen molar-refractivity contribution in [3.63, 3.8) is 0 Å². The van der Waals surface area contributed by atoms with E-state index in [1.807, 2.05) is 32.0 Å². The summed E-state index contributed by atoms with van der Waals surface area (Å²) < 4.78 is 44.3. The van der Waals surface area contributed by atoms with Gasteiger partial charge in [0.1, 0.15) is 12.4 Å². The first-order chi connectivity index (χ1) is 13.6. The van der Waals surface area contributed by atoms with Crippen molar-refractivity contribution in [1.29, 1.82) is 0 Å². The Bertz CT molecular complexity index is 1050. The molecule has 29 heavy (non-hydrogen) atoms. The first-order valence-corrected chi connectivity index (χ1v) is 9.85. The lowest BCUT2D eigenvalue weighted by atomic mass is 10.1. The van der Waals surface area contributed by atoms with E-state index >= 15 is 0 Å². The van der Waals surface area contributed by atoms with Crippen LogP contribution in [0.15, 0.2) is 47.8 Å². The van der Waals surface area contributed by atoms with Gasteiger partial charge in [0.2, 0.25) is 0 Å². The summed E-state index contributed by atoms with van der Waals surface area (Å²) in [6, 6.07) is 10.2. The molecule has 0 radical (unpaired) electrons. The lowest BCUT2D eigenvalue weighted by molar-refractivity contribution is -0.137. The van der Waals surface area contributed by atoms with Gasteiger partial charge in [-0.3, -0.25) is 4.79 Å². The predicted octanol–water partition coefficient (Wildman–Crippen LogP) is 6.87. The molecule has 8 heteroatoms. The second kappa shape index (κ2) is 8.47. The van der Waals surface area contributed by atoms with Crippen molar-refractivity contribution in [1.82, 2.24) is 0 Å². The van der Waals surface area contributed by atoms with E-state index < -0.39 is 17.6 Å². The summed E-state index contributed by atoms with van der Waals surface area (Å²) in [5.41, 5.74) is 2.10. The van der Waals surface area contributed by atoms with Gasteiger partial charge in [0.15, 0.2) is 0 Å². The van der Waals surface area contributed by atoms with Crippen LogP contribution in [0.5, 0.6) is 5.75 Å². The number of hydrogen-bond donors (Lipinski definition) is 1. The van der Waals surface area contributed by atoms with Crippen LogP contribution in [0.3, 0.4) is 0 Å². The number of halogens is 4. The fourth-order valence-corrected chi connectivity index (χ4v) is 3.48. The molecule has 0 aliphatic carbocycles. The zero-order chi connectivity index (χ0) is 21.2. The molecule has 0 aliphatic heterocycles. The Labute approximate surface area is 175 Å². The second-order valence-corrected chi connectivity index (χ2v) is 7.82. The van der Waals surface area contributed by atoms with Crippen LogP contribution in [0.25, 0.3) is 0 Å². The van der Waals surface area contributed by atoms with Crippen LogP contribution in [0.1, 0.15) is 31.9 Å². The van der Waals surface area contributed by atoms with Crippen molar-refractivity contribution in [3.8, 4) is 5.75 Å². The molecule has 3 aromatic rings. The number of rotatable bonds is 5. The predicted molar refractivity (Wildman–Crippen MR) is 109 cm³/mol. The van der Waals surface area contributed by atoms with Gasteiger partial charge in [0.25, 0.3) is 5.91 Å². The molecule has 3 rings (SSSR count). The number of ether oxygens (including phenoxy) is 1. The molecule has 1 amide bonds. The van der Waals surface area contributed by atoms with Gasteiger partial charge in [-0.2, -0.15) is 13.2 Å². The number of carbonyl (C=O) groups is 1. The molecule has 0 aliphatic rings. The SMILES string of the molecule is Cc1ccc(OCc2csc(C(=O)Nc3cc(C(F)(F)F)ccc3Cl)c2)cc1C. The Morgan fingerprint density at radius 1 is 1.10 bits per heavy atom. The molecule has 0 saturated carbocycles. The zero-order valence-electron chi connectivity index (χ0n) is 15.6. The molecular formula is C21H17ClF3NO2S. The molecule has 1 heterocycles. The van der Waals surface area contributed by atoms with Gasteiger partial charge in [-0.15, -0.1) is 11.3 Å². The van der Waals surface area contributed by atoms with Gasteiger partial charge in [0.05, 0.1) is 21.2 Å². The summed E-state index contributed by atoms with van der Waals surface area (Å²) in [5, 5.41) is 4.23. The third-order valence-electron chi connectivity index (χ3n) is 4.30. The van der Waals surface area contributed by atoms with E-state index in [9.17, 15) is 18.0 Å². The molecule has 3 nitrogen and oxygen atoms in total. The van der Waals surface area contributed by atoms with Crippen molar-refractivity contribution in [3.05, 3.63) is 80.0 Å². The van der Waals surface area contributed by atoms with Crippen LogP contribution in [0, 0.1) is 13.8 Å². The second-order valence-electron chi connectivity index (χ2n) is 6.50. The van der Waals surface area contributed by atoms with Crippen molar-refractivity contribution >= 4 is 34.5 Å². The van der Waals surface area contributed by atoms with Crippen LogP contribution in [0.2, 0.25) is 5.02 Å². The number of aryl methyl sites for hydroxylation is 2. The van der Waals surface area contributed by atoms with Crippen molar-refractivity contribution in [2.24, 2.45) is 0 Å². The molecule has 0 atom stereocenters. The molecular weight excluding hydrogens is 423 g/mol. The highest BCUT2D eigenvalue weighted by Gasteiger charge is 2.31. The van der Waals surface area contributed by atoms with Crippen LogP contribution in [0.4, 0.5) is 18.9 Å². The Hall–Kier alpha value is -2.51. The summed E-state index contributed by atoms with van der Waals surface area (Å²) in [6.45, 7) is 4.28. The van der Waals surface area contributed by atoms with E-state index in [1.165, 1.54) is 16.9 Å². The fraction of sp³-hybridized carbons (Fsp3) is 0.190. The number of anilines is 1. The van der Waals surface area contributed by atoms with Gasteiger partial charge in [-0.25, -0.2) is 0 Å². The largest absolute Gasteiger partial charge is 0.489 e. The highest BCUT2D eigenvalue weighted by Crippen LogP contribution is 2.34. The van der Waals surface area contributed by atoms with Crippen LogP contribution < -0.4 is 10.1 Å². The molecule has 0 spiro atoms. The minimum Gasteiger partial charge on any atom is -0.489 e. The van der Waals surface area contributed by atoms with E-state index in [0.29, 0.717) is 4.88 Å². The number of benzene rings is 2. The van der Waals surface area contributed by atoms with E-state index in [-0.39, 0.29) is 17.3 Å². The topological polar surface area (TPSA) is 38.3 Å². The highest BCUT2D eigenvalue weighted by atomic mass is 35.5. The van der Waals surface area contributed by atoms with Crippen molar-refractivity contribution < 1.29 is 22.7 Å². The maximum absolute atomic E-state index is 12.9. The summed E-state index contributed by atoms with van der Waals surface area (Å²) in [5.74, 6) is 0.190. The minimum atomic E-state index is -4.52. The van der Waals surface area contributed by atoms with Gasteiger partial charge >= 0.3 is 6.18 Å². The summed E-state index contributed by atoms with van der Waals surface area (Å²) in [4.78, 5) is 12.8. The van der Waals surface area contributed by atoms with Crippen molar-refractivity contribution in [2.45, 2.75) is 26.6 Å².